The summed E-state index contributed by atoms with van der Waals surface area (Å²) in [5.41, 5.74) is 2.67. The Morgan fingerprint density at radius 1 is 0.946 bits per heavy atom. The van der Waals surface area contributed by atoms with Gasteiger partial charge in [-0.3, -0.25) is 4.79 Å². The number of aromatic hydroxyl groups is 1. The van der Waals surface area contributed by atoms with E-state index < -0.39 is 5.60 Å². The summed E-state index contributed by atoms with van der Waals surface area (Å²) in [5, 5.41) is 10.6. The number of nitrogens with zero attached hydrogens (tertiary/aromatic N) is 2. The first-order valence-electron chi connectivity index (χ1n) is 12.8. The molecule has 0 radical (unpaired) electrons. The van der Waals surface area contributed by atoms with Crippen LogP contribution < -0.4 is 0 Å². The van der Waals surface area contributed by atoms with Crippen LogP contribution in [0.25, 0.3) is 0 Å². The van der Waals surface area contributed by atoms with Crippen LogP contribution in [0.2, 0.25) is 10.0 Å². The number of ether oxygens (including phenoxy) is 1. The number of hydrogen-bond acceptors (Lipinski definition) is 4. The van der Waals surface area contributed by atoms with E-state index in [-0.39, 0.29) is 12.5 Å². The van der Waals surface area contributed by atoms with Gasteiger partial charge < -0.3 is 19.6 Å². The number of carbonyl (C=O) groups is 1. The Labute approximate surface area is 228 Å². The highest BCUT2D eigenvalue weighted by Crippen LogP contribution is 2.38. The normalized spacial score (nSPS) is 21.4. The Morgan fingerprint density at radius 2 is 1.68 bits per heavy atom. The van der Waals surface area contributed by atoms with E-state index in [0.29, 0.717) is 34.8 Å². The Hall–Kier alpha value is -2.57. The fraction of sp³-hybridized carbons (Fsp3) is 0.367. The number of hydrogen-bond donors (Lipinski definition) is 1. The maximum Gasteiger partial charge on any atom is 0.249 e. The first-order valence-corrected chi connectivity index (χ1v) is 13.6. The highest BCUT2D eigenvalue weighted by molar-refractivity contribution is 6.42. The van der Waals surface area contributed by atoms with Gasteiger partial charge in [-0.15, -0.1) is 0 Å². The lowest BCUT2D eigenvalue weighted by Gasteiger charge is -2.44. The third-order valence-corrected chi connectivity index (χ3v) is 8.46. The van der Waals surface area contributed by atoms with Crippen molar-refractivity contribution < 1.29 is 14.6 Å². The fourth-order valence-electron chi connectivity index (χ4n) is 5.51. The van der Waals surface area contributed by atoms with Crippen molar-refractivity contribution in [3.8, 4) is 5.75 Å². The molecule has 0 aromatic heterocycles. The number of likely N-dealkylation sites (tertiary alicyclic amines) is 1. The second kappa shape index (κ2) is 11.4. The summed E-state index contributed by atoms with van der Waals surface area (Å²) in [6.45, 7) is 3.89. The predicted molar refractivity (Wildman–Crippen MR) is 147 cm³/mol. The van der Waals surface area contributed by atoms with Crippen LogP contribution >= 0.6 is 23.2 Å². The molecule has 5 rings (SSSR count). The summed E-state index contributed by atoms with van der Waals surface area (Å²) in [5.74, 6) is 0.807. The largest absolute Gasteiger partial charge is 0.508 e. The molecule has 5 nitrogen and oxygen atoms in total. The molecule has 2 aliphatic heterocycles. The molecule has 0 spiro atoms. The van der Waals surface area contributed by atoms with Gasteiger partial charge in [-0.1, -0.05) is 71.7 Å². The van der Waals surface area contributed by atoms with Crippen molar-refractivity contribution in [1.82, 2.24) is 9.80 Å². The number of rotatable bonds is 7. The third kappa shape index (κ3) is 6.12. The SMILES string of the molecule is O=C1COC(CCN2CCC(c3ccc(O)cc3)CC2)(c2ccc(Cl)c(Cl)c2)CN1Cc1ccccc1. The summed E-state index contributed by atoms with van der Waals surface area (Å²) in [6, 6.07) is 23.3. The predicted octanol–water partition coefficient (Wildman–Crippen LogP) is 6.22. The molecule has 194 valence electrons. The molecule has 3 aromatic rings. The van der Waals surface area contributed by atoms with Gasteiger partial charge in [0.05, 0.1) is 16.6 Å². The standard InChI is InChI=1S/C30H32Cl2N2O3/c31-27-11-8-25(18-28(27)32)30(21-34(29(36)20-37-30)19-22-4-2-1-3-5-22)14-17-33-15-12-24(13-16-33)23-6-9-26(35)10-7-23/h1-11,18,24,35H,12-17,19-21H2. The minimum atomic E-state index is -0.662. The van der Waals surface area contributed by atoms with Crippen molar-refractivity contribution in [1.29, 1.82) is 0 Å². The van der Waals surface area contributed by atoms with E-state index in [1.165, 1.54) is 5.56 Å². The van der Waals surface area contributed by atoms with Crippen molar-refractivity contribution in [2.45, 2.75) is 37.3 Å². The van der Waals surface area contributed by atoms with Gasteiger partial charge in [0, 0.05) is 13.1 Å². The molecule has 0 aliphatic carbocycles. The molecule has 1 unspecified atom stereocenters. The second-order valence-corrected chi connectivity index (χ2v) is 10.9. The molecular formula is C30H32Cl2N2O3. The van der Waals surface area contributed by atoms with Gasteiger partial charge in [0.1, 0.15) is 18.0 Å². The molecular weight excluding hydrogens is 507 g/mol. The van der Waals surface area contributed by atoms with Gasteiger partial charge in [-0.2, -0.15) is 0 Å². The number of amides is 1. The van der Waals surface area contributed by atoms with Crippen molar-refractivity contribution >= 4 is 29.1 Å². The van der Waals surface area contributed by atoms with E-state index in [1.807, 2.05) is 65.6 Å². The van der Waals surface area contributed by atoms with Crippen LogP contribution in [0.4, 0.5) is 0 Å². The number of halogens is 2. The Balaban J connectivity index is 1.31. The van der Waals surface area contributed by atoms with Crippen molar-refractivity contribution in [2.75, 3.05) is 32.8 Å². The molecule has 2 saturated heterocycles. The van der Waals surface area contributed by atoms with Crippen LogP contribution in [0.1, 0.15) is 41.9 Å². The number of carbonyl (C=O) groups excluding carboxylic acids is 1. The number of phenolic OH excluding ortho intramolecular Hbond substituents is 1. The highest BCUT2D eigenvalue weighted by atomic mass is 35.5. The molecule has 1 N–H and O–H groups in total. The van der Waals surface area contributed by atoms with Crippen molar-refractivity contribution in [3.63, 3.8) is 0 Å². The maximum absolute atomic E-state index is 12.9. The van der Waals surface area contributed by atoms with Gasteiger partial charge >= 0.3 is 0 Å². The highest BCUT2D eigenvalue weighted by Gasteiger charge is 2.42. The quantitative estimate of drug-likeness (QED) is 0.387. The first-order chi connectivity index (χ1) is 17.9. The zero-order valence-electron chi connectivity index (χ0n) is 20.8. The summed E-state index contributed by atoms with van der Waals surface area (Å²) < 4.78 is 6.38. The molecule has 1 amide bonds. The summed E-state index contributed by atoms with van der Waals surface area (Å²) in [6.07, 6.45) is 2.89. The van der Waals surface area contributed by atoms with E-state index in [1.54, 1.807) is 12.1 Å². The smallest absolute Gasteiger partial charge is 0.249 e. The minimum Gasteiger partial charge on any atom is -0.508 e. The van der Waals surface area contributed by atoms with Gasteiger partial charge in [-0.25, -0.2) is 0 Å². The van der Waals surface area contributed by atoms with Crippen LogP contribution in [0.15, 0.2) is 72.8 Å². The van der Waals surface area contributed by atoms with Gasteiger partial charge in [0.15, 0.2) is 0 Å². The van der Waals surface area contributed by atoms with Crippen LogP contribution in [-0.2, 0) is 21.7 Å². The van der Waals surface area contributed by atoms with E-state index in [9.17, 15) is 9.90 Å². The topological polar surface area (TPSA) is 53.0 Å². The lowest BCUT2D eigenvalue weighted by atomic mass is 9.86. The summed E-state index contributed by atoms with van der Waals surface area (Å²) in [4.78, 5) is 17.2. The van der Waals surface area contributed by atoms with Crippen molar-refractivity contribution in [2.24, 2.45) is 0 Å². The van der Waals surface area contributed by atoms with Crippen molar-refractivity contribution in [3.05, 3.63) is 99.5 Å². The molecule has 0 saturated carbocycles. The third-order valence-electron chi connectivity index (χ3n) is 7.72. The number of piperidine rings is 1. The van der Waals surface area contributed by atoms with Gasteiger partial charge in [0.2, 0.25) is 5.91 Å². The zero-order valence-corrected chi connectivity index (χ0v) is 22.3. The van der Waals surface area contributed by atoms with Crippen LogP contribution in [0.5, 0.6) is 5.75 Å². The summed E-state index contributed by atoms with van der Waals surface area (Å²) >= 11 is 12.7. The van der Waals surface area contributed by atoms with Crippen LogP contribution in [0, 0.1) is 0 Å². The maximum atomic E-state index is 12.9. The number of phenols is 1. The van der Waals surface area contributed by atoms with Crippen LogP contribution in [0.3, 0.4) is 0 Å². The number of morpholine rings is 1. The molecule has 1 atom stereocenters. The average molecular weight is 540 g/mol. The molecule has 7 heteroatoms. The Morgan fingerprint density at radius 3 is 2.38 bits per heavy atom. The zero-order chi connectivity index (χ0) is 25.8. The van der Waals surface area contributed by atoms with E-state index >= 15 is 0 Å². The number of benzene rings is 3. The monoisotopic (exact) mass is 538 g/mol. The van der Waals surface area contributed by atoms with E-state index in [4.69, 9.17) is 27.9 Å². The van der Waals surface area contributed by atoms with Gasteiger partial charge in [-0.05, 0) is 79.2 Å². The van der Waals surface area contributed by atoms with Crippen LogP contribution in [-0.4, -0.2) is 53.6 Å². The molecule has 37 heavy (non-hydrogen) atoms. The minimum absolute atomic E-state index is 0.00532. The second-order valence-electron chi connectivity index (χ2n) is 10.1. The molecule has 2 heterocycles. The van der Waals surface area contributed by atoms with E-state index in [0.717, 1.165) is 50.0 Å². The lowest BCUT2D eigenvalue weighted by molar-refractivity contribution is -0.169. The van der Waals surface area contributed by atoms with E-state index in [2.05, 4.69) is 4.90 Å². The Bertz CT molecular complexity index is 1210. The molecule has 0 bridgehead atoms. The Kier molecular flexibility index (Phi) is 8.06. The fourth-order valence-corrected chi connectivity index (χ4v) is 5.80. The molecule has 2 aliphatic rings. The van der Waals surface area contributed by atoms with Gasteiger partial charge in [0.25, 0.3) is 0 Å². The molecule has 2 fully saturated rings. The molecule has 3 aromatic carbocycles. The first kappa shape index (κ1) is 26.1. The lowest BCUT2D eigenvalue weighted by Crippen LogP contribution is -2.53. The average Bonchev–Trinajstić information content (AvgIpc) is 2.92. The summed E-state index contributed by atoms with van der Waals surface area (Å²) in [7, 11) is 0.